The van der Waals surface area contributed by atoms with Crippen LogP contribution in [-0.2, 0) is 25.7 Å². The lowest BCUT2D eigenvalue weighted by atomic mass is 10.2. The van der Waals surface area contributed by atoms with Gasteiger partial charge in [-0.25, -0.2) is 4.98 Å². The van der Waals surface area contributed by atoms with Gasteiger partial charge >= 0.3 is 5.97 Å². The SMILES string of the molecule is CCNC(=O)[C@@H](C)NC(=O)CSc1nc2ccccc2c(=O)n1CCC(=O)OC. The smallest absolute Gasteiger partial charge is 0.307 e. The molecule has 2 amide bonds. The minimum atomic E-state index is -0.672. The quantitative estimate of drug-likeness (QED) is 0.348. The predicted octanol–water partition coefficient (Wildman–Crippen LogP) is 0.693. The molecule has 1 aromatic carbocycles. The zero-order valence-electron chi connectivity index (χ0n) is 16.6. The second-order valence-electron chi connectivity index (χ2n) is 6.17. The first-order valence-electron chi connectivity index (χ1n) is 9.13. The molecule has 0 bridgehead atoms. The number of esters is 1. The van der Waals surface area contributed by atoms with Gasteiger partial charge in [0.15, 0.2) is 5.16 Å². The number of para-hydroxylation sites is 1. The summed E-state index contributed by atoms with van der Waals surface area (Å²) < 4.78 is 6.01. The average molecular weight is 420 g/mol. The highest BCUT2D eigenvalue weighted by Crippen LogP contribution is 2.18. The van der Waals surface area contributed by atoms with E-state index in [1.807, 2.05) is 0 Å². The summed E-state index contributed by atoms with van der Waals surface area (Å²) >= 11 is 1.07. The third-order valence-electron chi connectivity index (χ3n) is 4.05. The predicted molar refractivity (Wildman–Crippen MR) is 110 cm³/mol. The van der Waals surface area contributed by atoms with Crippen LogP contribution < -0.4 is 16.2 Å². The van der Waals surface area contributed by atoms with Crippen LogP contribution in [0.4, 0.5) is 0 Å². The van der Waals surface area contributed by atoms with E-state index in [4.69, 9.17) is 0 Å². The highest BCUT2D eigenvalue weighted by molar-refractivity contribution is 7.99. The number of likely N-dealkylation sites (N-methyl/N-ethyl adjacent to an activating group) is 1. The molecule has 0 aliphatic heterocycles. The highest BCUT2D eigenvalue weighted by Gasteiger charge is 2.17. The van der Waals surface area contributed by atoms with E-state index >= 15 is 0 Å². The fourth-order valence-corrected chi connectivity index (χ4v) is 3.40. The first-order valence-corrected chi connectivity index (χ1v) is 10.1. The van der Waals surface area contributed by atoms with Crippen molar-refractivity contribution in [3.05, 3.63) is 34.6 Å². The van der Waals surface area contributed by atoms with Crippen LogP contribution in [0, 0.1) is 0 Å². The number of benzene rings is 1. The standard InChI is InChI=1S/C19H24N4O5S/c1-4-20-17(26)12(2)21-15(24)11-29-19-22-14-8-6-5-7-13(14)18(27)23(19)10-9-16(25)28-3/h5-8,12H,4,9-11H2,1-3H3,(H,20,26)(H,21,24)/t12-/m1/s1. The van der Waals surface area contributed by atoms with Crippen molar-refractivity contribution < 1.29 is 19.1 Å². The van der Waals surface area contributed by atoms with Crippen LogP contribution in [0.5, 0.6) is 0 Å². The van der Waals surface area contributed by atoms with E-state index in [0.717, 1.165) is 11.8 Å². The van der Waals surface area contributed by atoms with E-state index in [1.165, 1.54) is 11.7 Å². The van der Waals surface area contributed by atoms with Crippen molar-refractivity contribution in [2.45, 2.75) is 38.0 Å². The van der Waals surface area contributed by atoms with Crippen LogP contribution in [0.15, 0.2) is 34.2 Å². The van der Waals surface area contributed by atoms with E-state index in [9.17, 15) is 19.2 Å². The molecule has 2 rings (SSSR count). The van der Waals surface area contributed by atoms with E-state index < -0.39 is 12.0 Å². The Bertz CT molecular complexity index is 959. The molecule has 10 heteroatoms. The normalized spacial score (nSPS) is 11.7. The topological polar surface area (TPSA) is 119 Å². The highest BCUT2D eigenvalue weighted by atomic mass is 32.2. The van der Waals surface area contributed by atoms with Gasteiger partial charge in [0.2, 0.25) is 11.8 Å². The minimum Gasteiger partial charge on any atom is -0.469 e. The lowest BCUT2D eigenvalue weighted by molar-refractivity contribution is -0.140. The maximum Gasteiger partial charge on any atom is 0.307 e. The Hall–Kier alpha value is -2.88. The molecule has 0 saturated carbocycles. The molecule has 2 aromatic rings. The molecule has 0 fully saturated rings. The van der Waals surface area contributed by atoms with Crippen molar-refractivity contribution in [2.75, 3.05) is 19.4 Å². The summed E-state index contributed by atoms with van der Waals surface area (Å²) in [7, 11) is 1.28. The van der Waals surface area contributed by atoms with Crippen LogP contribution in [0.3, 0.4) is 0 Å². The molecule has 0 radical (unpaired) electrons. The van der Waals surface area contributed by atoms with E-state index in [2.05, 4.69) is 20.4 Å². The van der Waals surface area contributed by atoms with Crippen molar-refractivity contribution in [1.82, 2.24) is 20.2 Å². The number of aromatic nitrogens is 2. The van der Waals surface area contributed by atoms with Gasteiger partial charge in [-0.15, -0.1) is 0 Å². The van der Waals surface area contributed by atoms with Crippen molar-refractivity contribution in [3.8, 4) is 0 Å². The van der Waals surface area contributed by atoms with Crippen LogP contribution in [0.1, 0.15) is 20.3 Å². The van der Waals surface area contributed by atoms with Gasteiger partial charge in [0, 0.05) is 13.1 Å². The molecule has 1 heterocycles. The third-order valence-corrected chi connectivity index (χ3v) is 5.02. The maximum atomic E-state index is 12.8. The van der Waals surface area contributed by atoms with Crippen LogP contribution >= 0.6 is 11.8 Å². The van der Waals surface area contributed by atoms with Gasteiger partial charge in [-0.1, -0.05) is 23.9 Å². The largest absolute Gasteiger partial charge is 0.469 e. The minimum absolute atomic E-state index is 0.00437. The number of carbonyl (C=O) groups is 3. The summed E-state index contributed by atoms with van der Waals surface area (Å²) in [6.07, 6.45) is 0.00437. The van der Waals surface area contributed by atoms with Crippen molar-refractivity contribution in [2.24, 2.45) is 0 Å². The molecular weight excluding hydrogens is 396 g/mol. The van der Waals surface area contributed by atoms with Crippen LogP contribution in [0.2, 0.25) is 0 Å². The Labute approximate surface area is 172 Å². The number of methoxy groups -OCH3 is 1. The summed E-state index contributed by atoms with van der Waals surface area (Å²) in [4.78, 5) is 52.8. The summed E-state index contributed by atoms with van der Waals surface area (Å²) in [5.41, 5.74) is 0.212. The van der Waals surface area contributed by atoms with Gasteiger partial charge in [-0.2, -0.15) is 0 Å². The Morgan fingerprint density at radius 1 is 1.28 bits per heavy atom. The molecule has 0 aliphatic carbocycles. The molecule has 0 aliphatic rings. The lowest BCUT2D eigenvalue weighted by Gasteiger charge is -2.15. The van der Waals surface area contributed by atoms with E-state index in [0.29, 0.717) is 22.6 Å². The number of thioether (sulfide) groups is 1. The number of hydrogen-bond acceptors (Lipinski definition) is 7. The number of amides is 2. The number of nitrogens with zero attached hydrogens (tertiary/aromatic N) is 2. The lowest BCUT2D eigenvalue weighted by Crippen LogP contribution is -2.45. The second kappa shape index (κ2) is 10.6. The number of fused-ring (bicyclic) bond motifs is 1. The first-order chi connectivity index (χ1) is 13.9. The van der Waals surface area contributed by atoms with Gasteiger partial charge in [-0.05, 0) is 26.0 Å². The summed E-state index contributed by atoms with van der Waals surface area (Å²) in [5.74, 6) is -1.12. The van der Waals surface area contributed by atoms with Crippen LogP contribution in [0.25, 0.3) is 10.9 Å². The molecule has 1 atom stereocenters. The fraction of sp³-hybridized carbons (Fsp3) is 0.421. The van der Waals surface area contributed by atoms with Gasteiger partial charge in [-0.3, -0.25) is 23.7 Å². The Morgan fingerprint density at radius 2 is 2.00 bits per heavy atom. The van der Waals surface area contributed by atoms with Gasteiger partial charge in [0.05, 0.1) is 30.2 Å². The fourth-order valence-electron chi connectivity index (χ4n) is 2.57. The molecular formula is C19H24N4O5S. The van der Waals surface area contributed by atoms with Crippen molar-refractivity contribution in [3.63, 3.8) is 0 Å². The summed E-state index contributed by atoms with van der Waals surface area (Å²) in [6.45, 7) is 3.94. The monoisotopic (exact) mass is 420 g/mol. The zero-order valence-corrected chi connectivity index (χ0v) is 17.4. The number of rotatable bonds is 9. The van der Waals surface area contributed by atoms with Crippen molar-refractivity contribution in [1.29, 1.82) is 0 Å². The maximum absolute atomic E-state index is 12.8. The molecule has 0 saturated heterocycles. The van der Waals surface area contributed by atoms with Gasteiger partial charge in [0.25, 0.3) is 5.56 Å². The number of nitrogens with one attached hydrogen (secondary N) is 2. The van der Waals surface area contributed by atoms with E-state index in [1.54, 1.807) is 38.1 Å². The molecule has 1 aromatic heterocycles. The Kier molecular flexibility index (Phi) is 8.20. The van der Waals surface area contributed by atoms with Crippen molar-refractivity contribution >= 4 is 40.4 Å². The third kappa shape index (κ3) is 6.05. The van der Waals surface area contributed by atoms with E-state index in [-0.39, 0.29) is 36.1 Å². The number of ether oxygens (including phenoxy) is 1. The number of hydrogen-bond donors (Lipinski definition) is 2. The summed E-state index contributed by atoms with van der Waals surface area (Å²) in [6, 6.07) is 6.20. The second-order valence-corrected chi connectivity index (χ2v) is 7.11. The molecule has 2 N–H and O–H groups in total. The average Bonchev–Trinajstić information content (AvgIpc) is 2.71. The van der Waals surface area contributed by atoms with Gasteiger partial charge in [0.1, 0.15) is 6.04 Å². The van der Waals surface area contributed by atoms with Crippen LogP contribution in [-0.4, -0.2) is 52.8 Å². The Balaban J connectivity index is 2.19. The zero-order chi connectivity index (χ0) is 21.4. The first kappa shape index (κ1) is 22.4. The molecule has 9 nitrogen and oxygen atoms in total. The molecule has 156 valence electrons. The van der Waals surface area contributed by atoms with Gasteiger partial charge < -0.3 is 15.4 Å². The number of carbonyl (C=O) groups excluding carboxylic acids is 3. The molecule has 0 unspecified atom stereocenters. The molecule has 29 heavy (non-hydrogen) atoms. The Morgan fingerprint density at radius 3 is 2.69 bits per heavy atom. The molecule has 0 spiro atoms. The summed E-state index contributed by atoms with van der Waals surface area (Å²) in [5, 5.41) is 5.98.